The minimum absolute atomic E-state index is 0.00245. The van der Waals surface area contributed by atoms with Gasteiger partial charge in [0.15, 0.2) is 5.82 Å². The highest BCUT2D eigenvalue weighted by molar-refractivity contribution is 6.33. The fraction of sp³-hybridized carbons (Fsp3) is 0.200. The molecule has 306 valence electrons. The summed E-state index contributed by atoms with van der Waals surface area (Å²) in [5.74, 6) is -0.316. The van der Waals surface area contributed by atoms with E-state index in [2.05, 4.69) is 51.2 Å². The van der Waals surface area contributed by atoms with Crippen LogP contribution in [0.4, 0.5) is 59.7 Å². The Morgan fingerprint density at radius 3 is 1.68 bits per heavy atom. The largest absolute Gasteiger partial charge is 0.487 e. The standard InChI is InChI=1S/C40H34ClF3N12O4/c41-30-13-8-25(49-37-45-21-47-39(53-37)55-17-28(18-55)59-26-9-4-23(42)5-10-26)16-33(30)51-35(58)15-14-34(57)50-31-2-1-3-32(36(31)44)52-38-46-22-48-40(54-38)56-19-29(20-56)60-27-11-6-24(43)7-12-27/h1-13,16,21-22,28-29H,14-15,17-20H2,(H,50,57)(H,51,58)(H,45,47,49,53)(H,46,48,52,54). The van der Waals surface area contributed by atoms with E-state index in [1.807, 2.05) is 9.80 Å². The molecule has 0 spiro atoms. The molecule has 0 atom stereocenters. The molecule has 4 aromatic carbocycles. The van der Waals surface area contributed by atoms with Crippen LogP contribution in [0.15, 0.2) is 97.6 Å². The van der Waals surface area contributed by atoms with Crippen LogP contribution in [-0.2, 0) is 9.59 Å². The van der Waals surface area contributed by atoms with E-state index in [0.29, 0.717) is 55.3 Å². The molecule has 16 nitrogen and oxygen atoms in total. The van der Waals surface area contributed by atoms with Gasteiger partial charge in [-0.15, -0.1) is 0 Å². The normalized spacial score (nSPS) is 13.8. The first kappa shape index (κ1) is 39.5. The van der Waals surface area contributed by atoms with Crippen LogP contribution in [0.5, 0.6) is 11.5 Å². The summed E-state index contributed by atoms with van der Waals surface area (Å²) in [6.45, 7) is 2.01. The van der Waals surface area contributed by atoms with Crippen LogP contribution >= 0.6 is 11.6 Å². The number of hydrogen-bond acceptors (Lipinski definition) is 14. The number of benzene rings is 4. The van der Waals surface area contributed by atoms with Crippen molar-refractivity contribution in [2.75, 3.05) is 57.2 Å². The second-order valence-corrected chi connectivity index (χ2v) is 14.0. The molecule has 60 heavy (non-hydrogen) atoms. The fourth-order valence-corrected chi connectivity index (χ4v) is 6.25. The maximum atomic E-state index is 15.5. The van der Waals surface area contributed by atoms with Crippen molar-refractivity contribution in [1.82, 2.24) is 29.9 Å². The van der Waals surface area contributed by atoms with E-state index < -0.39 is 17.6 Å². The molecular weight excluding hydrogens is 805 g/mol. The lowest BCUT2D eigenvalue weighted by Gasteiger charge is -2.38. The van der Waals surface area contributed by atoms with Crippen molar-refractivity contribution >= 4 is 70.0 Å². The Morgan fingerprint density at radius 1 is 0.633 bits per heavy atom. The van der Waals surface area contributed by atoms with Crippen LogP contribution < -0.4 is 40.5 Å². The van der Waals surface area contributed by atoms with E-state index in [9.17, 15) is 18.4 Å². The van der Waals surface area contributed by atoms with E-state index in [1.54, 1.807) is 42.5 Å². The van der Waals surface area contributed by atoms with Crippen molar-refractivity contribution in [3.05, 3.63) is 120 Å². The van der Waals surface area contributed by atoms with Crippen LogP contribution in [0.2, 0.25) is 5.02 Å². The smallest absolute Gasteiger partial charge is 0.232 e. The Hall–Kier alpha value is -7.28. The molecule has 8 rings (SSSR count). The van der Waals surface area contributed by atoms with Crippen LogP contribution in [0, 0.1) is 17.5 Å². The summed E-state index contributed by atoms with van der Waals surface area (Å²) in [6, 6.07) is 20.8. The van der Waals surface area contributed by atoms with Crippen molar-refractivity contribution < 1.29 is 32.2 Å². The summed E-state index contributed by atoms with van der Waals surface area (Å²) in [4.78, 5) is 55.0. The van der Waals surface area contributed by atoms with E-state index in [0.717, 1.165) is 0 Å². The second kappa shape index (κ2) is 17.7. The molecule has 2 fully saturated rings. The molecule has 0 bridgehead atoms. The van der Waals surface area contributed by atoms with Crippen molar-refractivity contribution in [2.45, 2.75) is 25.0 Å². The molecule has 20 heteroatoms. The maximum absolute atomic E-state index is 15.5. The molecule has 6 aromatic rings. The van der Waals surface area contributed by atoms with Gasteiger partial charge < -0.3 is 40.5 Å². The summed E-state index contributed by atoms with van der Waals surface area (Å²) in [6.07, 6.45) is 1.92. The maximum Gasteiger partial charge on any atom is 0.232 e. The number of nitrogens with zero attached hydrogens (tertiary/aromatic N) is 8. The van der Waals surface area contributed by atoms with Gasteiger partial charge in [0, 0.05) is 18.5 Å². The quantitative estimate of drug-likeness (QED) is 0.0878. The molecular formula is C40H34ClF3N12O4. The number of carbonyl (C=O) groups is 2. The van der Waals surface area contributed by atoms with E-state index in [4.69, 9.17) is 21.1 Å². The van der Waals surface area contributed by atoms with Crippen molar-refractivity contribution in [3.8, 4) is 11.5 Å². The van der Waals surface area contributed by atoms with Gasteiger partial charge in [0.2, 0.25) is 35.6 Å². The highest BCUT2D eigenvalue weighted by atomic mass is 35.5. The fourth-order valence-electron chi connectivity index (χ4n) is 6.09. The van der Waals surface area contributed by atoms with Gasteiger partial charge in [-0.1, -0.05) is 17.7 Å². The van der Waals surface area contributed by atoms with Crippen molar-refractivity contribution in [2.24, 2.45) is 0 Å². The number of carbonyl (C=O) groups excluding carboxylic acids is 2. The SMILES string of the molecule is O=C(CCC(=O)Nc1cccc(Nc2ncnc(N3CC(Oc4ccc(F)cc4)C3)n2)c1F)Nc1cc(Nc2ncnc(N3CC(Oc4ccc(F)cc4)C3)n2)ccc1Cl. The van der Waals surface area contributed by atoms with Gasteiger partial charge in [-0.05, 0) is 78.9 Å². The van der Waals surface area contributed by atoms with E-state index in [1.165, 1.54) is 55.1 Å². The number of nitrogens with one attached hydrogen (secondary N) is 4. The Kier molecular flexibility index (Phi) is 11.7. The first-order valence-corrected chi connectivity index (χ1v) is 18.9. The minimum atomic E-state index is -0.764. The lowest BCUT2D eigenvalue weighted by atomic mass is 10.2. The Labute approximate surface area is 345 Å². The van der Waals surface area contributed by atoms with Gasteiger partial charge in [0.25, 0.3) is 0 Å². The van der Waals surface area contributed by atoms with Gasteiger partial charge in [0.05, 0.1) is 48.3 Å². The first-order chi connectivity index (χ1) is 29.1. The third kappa shape index (κ3) is 9.87. The molecule has 2 aliphatic rings. The summed E-state index contributed by atoms with van der Waals surface area (Å²) in [7, 11) is 0. The average Bonchev–Trinajstić information content (AvgIpc) is 3.21. The number of anilines is 8. The van der Waals surface area contributed by atoms with Crippen LogP contribution in [0.3, 0.4) is 0 Å². The van der Waals surface area contributed by atoms with Gasteiger partial charge >= 0.3 is 0 Å². The molecule has 0 radical (unpaired) electrons. The lowest BCUT2D eigenvalue weighted by Crippen LogP contribution is -2.54. The minimum Gasteiger partial charge on any atom is -0.487 e. The van der Waals surface area contributed by atoms with Gasteiger partial charge in [-0.2, -0.15) is 9.97 Å². The molecule has 2 aromatic heterocycles. The molecule has 4 N–H and O–H groups in total. The number of rotatable bonds is 15. The molecule has 0 saturated carbocycles. The monoisotopic (exact) mass is 838 g/mol. The summed E-state index contributed by atoms with van der Waals surface area (Å²) < 4.78 is 53.6. The van der Waals surface area contributed by atoms with Gasteiger partial charge in [-0.25, -0.2) is 33.1 Å². The lowest BCUT2D eigenvalue weighted by molar-refractivity contribution is -0.121. The summed E-state index contributed by atoms with van der Waals surface area (Å²) >= 11 is 6.37. The zero-order valence-electron chi connectivity index (χ0n) is 31.4. The van der Waals surface area contributed by atoms with Crippen molar-refractivity contribution in [1.29, 1.82) is 0 Å². The van der Waals surface area contributed by atoms with E-state index >= 15 is 4.39 Å². The zero-order chi connectivity index (χ0) is 41.6. The molecule has 0 aliphatic carbocycles. The number of hydrogen-bond donors (Lipinski definition) is 4. The number of aromatic nitrogens is 6. The summed E-state index contributed by atoms with van der Waals surface area (Å²) in [5.41, 5.74) is 0.690. The third-order valence-electron chi connectivity index (χ3n) is 9.21. The highest BCUT2D eigenvalue weighted by Gasteiger charge is 2.32. The molecule has 2 aliphatic heterocycles. The number of ether oxygens (including phenoxy) is 2. The predicted molar refractivity (Wildman–Crippen MR) is 217 cm³/mol. The van der Waals surface area contributed by atoms with Gasteiger partial charge in [-0.3, -0.25) is 9.59 Å². The number of amides is 2. The Morgan fingerprint density at radius 2 is 1.13 bits per heavy atom. The van der Waals surface area contributed by atoms with Crippen LogP contribution in [0.1, 0.15) is 12.8 Å². The summed E-state index contributed by atoms with van der Waals surface area (Å²) in [5, 5.41) is 11.4. The Bertz CT molecular complexity index is 2480. The highest BCUT2D eigenvalue weighted by Crippen LogP contribution is 2.29. The van der Waals surface area contributed by atoms with Crippen LogP contribution in [-0.4, -0.2) is 80.1 Å². The molecule has 4 heterocycles. The Balaban J connectivity index is 0.796. The van der Waals surface area contributed by atoms with E-state index in [-0.39, 0.29) is 70.7 Å². The van der Waals surface area contributed by atoms with Crippen molar-refractivity contribution in [3.63, 3.8) is 0 Å². The first-order valence-electron chi connectivity index (χ1n) is 18.5. The molecule has 2 saturated heterocycles. The van der Waals surface area contributed by atoms with Gasteiger partial charge in [0.1, 0.15) is 48.0 Å². The zero-order valence-corrected chi connectivity index (χ0v) is 32.1. The second-order valence-electron chi connectivity index (χ2n) is 13.6. The third-order valence-corrected chi connectivity index (χ3v) is 9.54. The number of halogens is 4. The van der Waals surface area contributed by atoms with Crippen LogP contribution in [0.25, 0.3) is 0 Å². The average molecular weight is 839 g/mol. The topological polar surface area (TPSA) is 185 Å². The predicted octanol–water partition coefficient (Wildman–Crippen LogP) is 6.51. The molecule has 0 unspecified atom stereocenters. The molecule has 2 amide bonds.